The number of nitrogens with one attached hydrogen (secondary N) is 2. The fraction of sp³-hybridized carbons (Fsp3) is 0.650. The fourth-order valence-electron chi connectivity index (χ4n) is 2.31. The number of ether oxygens (including phenoxy) is 1. The first-order valence-electron chi connectivity index (χ1n) is 9.18. The van der Waals surface area contributed by atoms with Crippen LogP contribution in [0, 0.1) is 5.92 Å². The lowest BCUT2D eigenvalue weighted by atomic mass is 9.85. The molecule has 1 atom stereocenters. The Kier molecular flexibility index (Phi) is 9.53. The largest absolute Gasteiger partial charge is 0.389 e. The van der Waals surface area contributed by atoms with Crippen LogP contribution in [0.5, 0.6) is 0 Å². The maximum Gasteiger partial charge on any atom is 0.191 e. The van der Waals surface area contributed by atoms with E-state index in [1.807, 2.05) is 13.0 Å². The van der Waals surface area contributed by atoms with Crippen LogP contribution in [-0.4, -0.2) is 50.0 Å². The Balaban J connectivity index is 2.53. The minimum absolute atomic E-state index is 0.0530. The van der Waals surface area contributed by atoms with E-state index in [0.717, 1.165) is 12.5 Å². The van der Waals surface area contributed by atoms with Crippen molar-refractivity contribution in [3.8, 4) is 0 Å². The number of aliphatic imine (C=N–C) groups is 1. The Labute approximate surface area is 152 Å². The Morgan fingerprint density at radius 1 is 1.16 bits per heavy atom. The molecule has 0 bridgehead atoms. The van der Waals surface area contributed by atoms with E-state index >= 15 is 0 Å². The van der Waals surface area contributed by atoms with Gasteiger partial charge < -0.3 is 20.5 Å². The highest BCUT2D eigenvalue weighted by atomic mass is 16.5. The van der Waals surface area contributed by atoms with E-state index in [4.69, 9.17) is 4.74 Å². The number of guanidine groups is 1. The lowest BCUT2D eigenvalue weighted by Crippen LogP contribution is -2.43. The third kappa shape index (κ3) is 8.89. The molecule has 0 amide bonds. The number of hydrogen-bond acceptors (Lipinski definition) is 3. The summed E-state index contributed by atoms with van der Waals surface area (Å²) in [6, 6.07) is 10.4. The molecule has 1 aromatic carbocycles. The Morgan fingerprint density at radius 3 is 2.44 bits per heavy atom. The second-order valence-corrected chi connectivity index (χ2v) is 7.41. The van der Waals surface area contributed by atoms with Crippen molar-refractivity contribution in [3.63, 3.8) is 0 Å². The quantitative estimate of drug-likeness (QED) is 0.449. The summed E-state index contributed by atoms with van der Waals surface area (Å²) in [4.78, 5) is 4.68. The minimum atomic E-state index is -0.551. The van der Waals surface area contributed by atoms with E-state index in [9.17, 15) is 5.11 Å². The molecule has 0 aliphatic heterocycles. The fourth-order valence-corrected chi connectivity index (χ4v) is 2.31. The summed E-state index contributed by atoms with van der Waals surface area (Å²) >= 11 is 0. The van der Waals surface area contributed by atoms with Crippen LogP contribution in [0.15, 0.2) is 35.3 Å². The van der Waals surface area contributed by atoms with Gasteiger partial charge in [0.2, 0.25) is 0 Å². The highest BCUT2D eigenvalue weighted by molar-refractivity contribution is 5.79. The SMILES string of the molecule is CCNC(=NCC(C)(C)c1ccccc1)NCC(O)COCC(C)C. The Hall–Kier alpha value is -1.59. The summed E-state index contributed by atoms with van der Waals surface area (Å²) in [7, 11) is 0. The van der Waals surface area contributed by atoms with Crippen LogP contribution >= 0.6 is 0 Å². The predicted octanol–water partition coefficient (Wildman–Crippen LogP) is 2.55. The zero-order valence-electron chi connectivity index (χ0n) is 16.4. The topological polar surface area (TPSA) is 65.9 Å². The second kappa shape index (κ2) is 11.1. The lowest BCUT2D eigenvalue weighted by Gasteiger charge is -2.24. The molecule has 0 saturated heterocycles. The number of hydrogen-bond donors (Lipinski definition) is 3. The van der Waals surface area contributed by atoms with Crippen molar-refractivity contribution in [2.45, 2.75) is 46.1 Å². The van der Waals surface area contributed by atoms with Gasteiger partial charge in [0.1, 0.15) is 0 Å². The van der Waals surface area contributed by atoms with Gasteiger partial charge in [-0.1, -0.05) is 58.0 Å². The number of nitrogens with zero attached hydrogens (tertiary/aromatic N) is 1. The van der Waals surface area contributed by atoms with E-state index in [0.29, 0.717) is 32.2 Å². The standard InChI is InChI=1S/C20H35N3O2/c1-6-21-19(22-12-18(24)14-25-13-16(2)3)23-15-20(4,5)17-10-8-7-9-11-17/h7-11,16,18,24H,6,12-15H2,1-5H3,(H2,21,22,23). The summed E-state index contributed by atoms with van der Waals surface area (Å²) in [6.45, 7) is 13.4. The van der Waals surface area contributed by atoms with Crippen LogP contribution in [0.2, 0.25) is 0 Å². The lowest BCUT2D eigenvalue weighted by molar-refractivity contribution is 0.0280. The molecule has 5 nitrogen and oxygen atoms in total. The molecule has 0 fully saturated rings. The van der Waals surface area contributed by atoms with Crippen LogP contribution in [0.25, 0.3) is 0 Å². The van der Waals surface area contributed by atoms with E-state index in [1.165, 1.54) is 5.56 Å². The van der Waals surface area contributed by atoms with Crippen molar-refractivity contribution in [3.05, 3.63) is 35.9 Å². The van der Waals surface area contributed by atoms with Gasteiger partial charge >= 0.3 is 0 Å². The van der Waals surface area contributed by atoms with Gasteiger partial charge in [-0.25, -0.2) is 0 Å². The summed E-state index contributed by atoms with van der Waals surface area (Å²) in [6.07, 6.45) is -0.551. The van der Waals surface area contributed by atoms with Gasteiger partial charge in [0.25, 0.3) is 0 Å². The first kappa shape index (κ1) is 21.5. The third-order valence-electron chi connectivity index (χ3n) is 3.80. The summed E-state index contributed by atoms with van der Waals surface area (Å²) in [5, 5.41) is 16.4. The van der Waals surface area contributed by atoms with Crippen LogP contribution in [0.3, 0.4) is 0 Å². The molecule has 5 heteroatoms. The molecule has 3 N–H and O–H groups in total. The average molecular weight is 350 g/mol. The van der Waals surface area contributed by atoms with Crippen molar-refractivity contribution in [1.82, 2.24) is 10.6 Å². The average Bonchev–Trinajstić information content (AvgIpc) is 2.58. The van der Waals surface area contributed by atoms with Crippen molar-refractivity contribution in [2.75, 3.05) is 32.8 Å². The van der Waals surface area contributed by atoms with E-state index in [2.05, 4.69) is 67.6 Å². The molecule has 1 aromatic rings. The molecular weight excluding hydrogens is 314 g/mol. The van der Waals surface area contributed by atoms with Gasteiger partial charge in [0, 0.05) is 25.1 Å². The van der Waals surface area contributed by atoms with Crippen LogP contribution in [-0.2, 0) is 10.2 Å². The molecule has 0 aliphatic rings. The van der Waals surface area contributed by atoms with Gasteiger partial charge in [0.05, 0.1) is 19.3 Å². The highest BCUT2D eigenvalue weighted by Gasteiger charge is 2.20. The molecule has 1 unspecified atom stereocenters. The molecule has 142 valence electrons. The number of aliphatic hydroxyl groups excluding tert-OH is 1. The number of benzene rings is 1. The minimum Gasteiger partial charge on any atom is -0.389 e. The van der Waals surface area contributed by atoms with Crippen molar-refractivity contribution in [1.29, 1.82) is 0 Å². The zero-order chi connectivity index (χ0) is 18.7. The molecule has 0 aliphatic carbocycles. The van der Waals surface area contributed by atoms with E-state index in [-0.39, 0.29) is 5.41 Å². The molecule has 0 saturated carbocycles. The molecule has 25 heavy (non-hydrogen) atoms. The van der Waals surface area contributed by atoms with Crippen LogP contribution < -0.4 is 10.6 Å². The molecule has 0 radical (unpaired) electrons. The summed E-state index contributed by atoms with van der Waals surface area (Å²) in [5.74, 6) is 1.19. The van der Waals surface area contributed by atoms with Gasteiger partial charge in [-0.2, -0.15) is 0 Å². The smallest absolute Gasteiger partial charge is 0.191 e. The number of aliphatic hydroxyl groups is 1. The van der Waals surface area contributed by atoms with Gasteiger partial charge in [0.15, 0.2) is 5.96 Å². The highest BCUT2D eigenvalue weighted by Crippen LogP contribution is 2.22. The Morgan fingerprint density at radius 2 is 1.84 bits per heavy atom. The zero-order valence-corrected chi connectivity index (χ0v) is 16.4. The summed E-state index contributed by atoms with van der Waals surface area (Å²) in [5.41, 5.74) is 1.21. The maximum atomic E-state index is 10.0. The molecule has 0 spiro atoms. The van der Waals surface area contributed by atoms with Crippen molar-refractivity contribution < 1.29 is 9.84 Å². The van der Waals surface area contributed by atoms with Gasteiger partial charge in [-0.3, -0.25) is 4.99 Å². The van der Waals surface area contributed by atoms with Gasteiger partial charge in [-0.15, -0.1) is 0 Å². The number of rotatable bonds is 10. The van der Waals surface area contributed by atoms with Gasteiger partial charge in [-0.05, 0) is 18.4 Å². The second-order valence-electron chi connectivity index (χ2n) is 7.41. The molecule has 0 heterocycles. The predicted molar refractivity (Wildman–Crippen MR) is 105 cm³/mol. The normalized spacial score (nSPS) is 13.8. The first-order chi connectivity index (χ1) is 11.8. The maximum absolute atomic E-state index is 10.0. The van der Waals surface area contributed by atoms with E-state index in [1.54, 1.807) is 0 Å². The Bertz CT molecular complexity index is 501. The van der Waals surface area contributed by atoms with E-state index < -0.39 is 6.10 Å². The molecule has 1 rings (SSSR count). The third-order valence-corrected chi connectivity index (χ3v) is 3.80. The summed E-state index contributed by atoms with van der Waals surface area (Å²) < 4.78 is 5.47. The molecular formula is C20H35N3O2. The first-order valence-corrected chi connectivity index (χ1v) is 9.18. The van der Waals surface area contributed by atoms with Crippen LogP contribution in [0.1, 0.15) is 40.2 Å². The molecule has 0 aromatic heterocycles. The monoisotopic (exact) mass is 349 g/mol. The van der Waals surface area contributed by atoms with Crippen molar-refractivity contribution >= 4 is 5.96 Å². The van der Waals surface area contributed by atoms with Crippen LogP contribution in [0.4, 0.5) is 0 Å². The van der Waals surface area contributed by atoms with Crippen molar-refractivity contribution in [2.24, 2.45) is 10.9 Å².